The Morgan fingerprint density at radius 3 is 2.76 bits per heavy atom. The highest BCUT2D eigenvalue weighted by Gasteiger charge is 2.64. The van der Waals surface area contributed by atoms with E-state index in [9.17, 15) is 4.79 Å². The van der Waals surface area contributed by atoms with E-state index >= 15 is 0 Å². The number of epoxide rings is 1. The van der Waals surface area contributed by atoms with Gasteiger partial charge in [-0.05, 0) is 80.5 Å². The van der Waals surface area contributed by atoms with Gasteiger partial charge in [-0.15, -0.1) is 0 Å². The molecule has 5 heteroatoms. The van der Waals surface area contributed by atoms with Crippen LogP contribution in [0.15, 0.2) is 53.1 Å². The molecule has 1 spiro atoms. The summed E-state index contributed by atoms with van der Waals surface area (Å²) in [5, 5.41) is 3.61. The first-order valence-corrected chi connectivity index (χ1v) is 13.2. The Hall–Kier alpha value is -2.11. The van der Waals surface area contributed by atoms with Crippen molar-refractivity contribution >= 4 is 5.97 Å². The van der Waals surface area contributed by atoms with E-state index in [1.165, 1.54) is 24.8 Å². The Labute approximate surface area is 202 Å². The Bertz CT molecular complexity index is 985. The molecule has 2 saturated carbocycles. The molecular weight excluding hydrogens is 426 g/mol. The summed E-state index contributed by atoms with van der Waals surface area (Å²) in [4.78, 5) is 12.9. The molecular formula is C29H37NO4. The van der Waals surface area contributed by atoms with Crippen molar-refractivity contribution in [2.45, 2.75) is 69.5 Å². The second kappa shape index (κ2) is 8.83. The number of nitrogens with one attached hydrogen (secondary N) is 1. The van der Waals surface area contributed by atoms with Crippen LogP contribution >= 0.6 is 0 Å². The number of hydrogen-bond acceptors (Lipinski definition) is 5. The van der Waals surface area contributed by atoms with Gasteiger partial charge in [0, 0.05) is 18.4 Å². The molecule has 7 atom stereocenters. The minimum atomic E-state index is -0.0385. The van der Waals surface area contributed by atoms with Crippen molar-refractivity contribution in [3.05, 3.63) is 60.1 Å². The lowest BCUT2D eigenvalue weighted by molar-refractivity contribution is -0.147. The summed E-state index contributed by atoms with van der Waals surface area (Å²) in [5.41, 5.74) is 1.68. The van der Waals surface area contributed by atoms with Crippen molar-refractivity contribution in [3.8, 4) is 0 Å². The highest BCUT2D eigenvalue weighted by molar-refractivity contribution is 5.75. The lowest BCUT2D eigenvalue weighted by atomic mass is 9.53. The number of carbonyl (C=O) groups excluding carboxylic acids is 1. The summed E-state index contributed by atoms with van der Waals surface area (Å²) in [7, 11) is 0. The molecule has 0 amide bonds. The van der Waals surface area contributed by atoms with Gasteiger partial charge in [0.1, 0.15) is 11.9 Å². The lowest BCUT2D eigenvalue weighted by Gasteiger charge is -2.51. The molecule has 7 unspecified atom stereocenters. The Morgan fingerprint density at radius 2 is 2.00 bits per heavy atom. The molecule has 4 aliphatic rings. The molecule has 1 N–H and O–H groups in total. The second-order valence-corrected chi connectivity index (χ2v) is 11.5. The molecule has 1 aromatic heterocycles. The molecule has 2 aromatic rings. The van der Waals surface area contributed by atoms with E-state index in [0.29, 0.717) is 24.3 Å². The number of fused-ring (bicyclic) bond motifs is 3. The summed E-state index contributed by atoms with van der Waals surface area (Å²) in [6, 6.07) is 14.6. The third-order valence-corrected chi connectivity index (χ3v) is 9.38. The molecule has 3 heterocycles. The number of ether oxygens (including phenoxy) is 2. The van der Waals surface area contributed by atoms with Gasteiger partial charge < -0.3 is 19.2 Å². The number of esters is 1. The van der Waals surface area contributed by atoms with Crippen molar-refractivity contribution in [3.63, 3.8) is 0 Å². The van der Waals surface area contributed by atoms with Crippen LogP contribution in [-0.4, -0.2) is 37.4 Å². The third kappa shape index (κ3) is 4.11. The van der Waals surface area contributed by atoms with Gasteiger partial charge in [0.15, 0.2) is 0 Å². The van der Waals surface area contributed by atoms with Crippen LogP contribution in [0.2, 0.25) is 0 Å². The van der Waals surface area contributed by atoms with Crippen molar-refractivity contribution in [1.82, 2.24) is 5.32 Å². The summed E-state index contributed by atoms with van der Waals surface area (Å²) in [6.45, 7) is 4.89. The van der Waals surface area contributed by atoms with Gasteiger partial charge in [0.25, 0.3) is 0 Å². The Kier molecular flexibility index (Phi) is 5.81. The van der Waals surface area contributed by atoms with E-state index in [2.05, 4.69) is 48.6 Å². The van der Waals surface area contributed by atoms with Crippen molar-refractivity contribution in [1.29, 1.82) is 0 Å². The van der Waals surface area contributed by atoms with Crippen LogP contribution in [0.3, 0.4) is 0 Å². The molecule has 2 aliphatic heterocycles. The molecule has 1 aromatic carbocycles. The monoisotopic (exact) mass is 463 g/mol. The maximum atomic E-state index is 12.9. The maximum Gasteiger partial charge on any atom is 0.310 e. The third-order valence-electron chi connectivity index (χ3n) is 9.38. The van der Waals surface area contributed by atoms with Crippen LogP contribution in [0.25, 0.3) is 0 Å². The Morgan fingerprint density at radius 1 is 1.15 bits per heavy atom. The first-order chi connectivity index (χ1) is 16.6. The predicted octanol–water partition coefficient (Wildman–Crippen LogP) is 5.11. The molecule has 0 radical (unpaired) electrons. The van der Waals surface area contributed by atoms with E-state index in [1.54, 1.807) is 6.26 Å². The molecule has 182 valence electrons. The average Bonchev–Trinajstić information content (AvgIpc) is 3.25. The summed E-state index contributed by atoms with van der Waals surface area (Å²) < 4.78 is 17.8. The van der Waals surface area contributed by atoms with E-state index in [-0.39, 0.29) is 29.0 Å². The summed E-state index contributed by atoms with van der Waals surface area (Å²) >= 11 is 0. The number of furan rings is 1. The Balaban J connectivity index is 1.07. The van der Waals surface area contributed by atoms with Crippen molar-refractivity contribution in [2.75, 3.05) is 19.7 Å². The van der Waals surface area contributed by atoms with Gasteiger partial charge in [0.05, 0.1) is 24.4 Å². The van der Waals surface area contributed by atoms with Crippen LogP contribution in [-0.2, 0) is 20.7 Å². The molecule has 6 rings (SSSR count). The van der Waals surface area contributed by atoms with E-state index in [0.717, 1.165) is 44.6 Å². The fourth-order valence-corrected chi connectivity index (χ4v) is 7.49. The molecule has 4 fully saturated rings. The summed E-state index contributed by atoms with van der Waals surface area (Å²) in [6.07, 6.45) is 9.51. The van der Waals surface area contributed by atoms with Crippen LogP contribution < -0.4 is 5.32 Å². The molecule has 34 heavy (non-hydrogen) atoms. The first-order valence-electron chi connectivity index (χ1n) is 13.2. The van der Waals surface area contributed by atoms with Crippen molar-refractivity contribution < 1.29 is 18.7 Å². The predicted molar refractivity (Wildman–Crippen MR) is 129 cm³/mol. The highest BCUT2D eigenvalue weighted by atomic mass is 16.6. The number of rotatable bonds is 8. The zero-order valence-electron chi connectivity index (χ0n) is 20.2. The number of benzene rings is 1. The van der Waals surface area contributed by atoms with Gasteiger partial charge >= 0.3 is 5.97 Å². The van der Waals surface area contributed by atoms with Gasteiger partial charge in [-0.1, -0.05) is 37.3 Å². The topological polar surface area (TPSA) is 64.0 Å². The minimum Gasteiger partial charge on any atom is -0.469 e. The van der Waals surface area contributed by atoms with E-state index < -0.39 is 0 Å². The van der Waals surface area contributed by atoms with Gasteiger partial charge in [-0.3, -0.25) is 4.79 Å². The fraction of sp³-hybridized carbons (Fsp3) is 0.621. The SMILES string of the molecule is CC12CCCC3(CO3)C1CC1C(C2)OC(=O)C1CNCCC(Cc1ccccc1)c1ccco1. The molecule has 5 nitrogen and oxygen atoms in total. The van der Waals surface area contributed by atoms with Gasteiger partial charge in [-0.2, -0.15) is 0 Å². The van der Waals surface area contributed by atoms with E-state index in [1.807, 2.05) is 6.07 Å². The zero-order valence-corrected chi connectivity index (χ0v) is 20.2. The number of hydrogen-bond donors (Lipinski definition) is 1. The largest absolute Gasteiger partial charge is 0.469 e. The van der Waals surface area contributed by atoms with Gasteiger partial charge in [-0.25, -0.2) is 0 Å². The lowest BCUT2D eigenvalue weighted by Crippen LogP contribution is -2.51. The zero-order chi connectivity index (χ0) is 23.2. The first kappa shape index (κ1) is 22.4. The van der Waals surface area contributed by atoms with Crippen LogP contribution in [0, 0.1) is 23.2 Å². The molecule has 0 bridgehead atoms. The average molecular weight is 464 g/mol. The summed E-state index contributed by atoms with van der Waals surface area (Å²) in [5.74, 6) is 2.21. The highest BCUT2D eigenvalue weighted by Crippen LogP contribution is 2.62. The quantitative estimate of drug-likeness (QED) is 0.335. The fourth-order valence-electron chi connectivity index (χ4n) is 7.49. The normalized spacial score (nSPS) is 37.1. The second-order valence-electron chi connectivity index (χ2n) is 11.5. The van der Waals surface area contributed by atoms with Gasteiger partial charge in [0.2, 0.25) is 0 Å². The van der Waals surface area contributed by atoms with Crippen LogP contribution in [0.1, 0.15) is 62.7 Å². The number of carbonyl (C=O) groups is 1. The van der Waals surface area contributed by atoms with E-state index in [4.69, 9.17) is 13.9 Å². The molecule has 2 aliphatic carbocycles. The van der Waals surface area contributed by atoms with Crippen molar-refractivity contribution in [2.24, 2.45) is 23.2 Å². The maximum absolute atomic E-state index is 12.9. The van der Waals surface area contributed by atoms with Crippen LogP contribution in [0.5, 0.6) is 0 Å². The van der Waals surface area contributed by atoms with Crippen LogP contribution in [0.4, 0.5) is 0 Å². The molecule has 2 saturated heterocycles. The smallest absolute Gasteiger partial charge is 0.310 e. The minimum absolute atomic E-state index is 0.00221. The standard InChI is InChI=1S/C29H37NO4/c1-28-11-6-12-29(19-33-29)26(28)16-22-23(27(31)34-25(22)17-28)18-30-13-10-21(24-9-5-14-32-24)15-20-7-3-2-4-8-20/h2-5,7-9,14,21-23,25-26,30H,6,10-13,15-19H2,1H3.